The second-order valence-corrected chi connectivity index (χ2v) is 2.46. The van der Waals surface area contributed by atoms with Crippen LogP contribution in [0.1, 0.15) is 5.56 Å². The van der Waals surface area contributed by atoms with E-state index in [2.05, 4.69) is 10.3 Å². The van der Waals surface area contributed by atoms with Crippen molar-refractivity contribution in [2.75, 3.05) is 19.3 Å². The molecule has 1 aromatic rings. The second-order valence-electron chi connectivity index (χ2n) is 2.46. The van der Waals surface area contributed by atoms with Crippen LogP contribution in [-0.4, -0.2) is 18.6 Å². The first-order chi connectivity index (χ1) is 5.84. The van der Waals surface area contributed by atoms with Crippen LogP contribution in [0.25, 0.3) is 6.08 Å². The highest BCUT2D eigenvalue weighted by Crippen LogP contribution is 2.09. The Morgan fingerprint density at radius 3 is 3.17 bits per heavy atom. The van der Waals surface area contributed by atoms with E-state index in [1.807, 2.05) is 19.2 Å². The second kappa shape index (κ2) is 4.51. The predicted octanol–water partition coefficient (Wildman–Crippen LogP) is 0.896. The van der Waals surface area contributed by atoms with Crippen molar-refractivity contribution in [3.63, 3.8) is 0 Å². The van der Waals surface area contributed by atoms with E-state index in [-0.39, 0.29) is 0 Å². The highest BCUT2D eigenvalue weighted by atomic mass is 14.8. The van der Waals surface area contributed by atoms with Crippen molar-refractivity contribution < 1.29 is 0 Å². The molecule has 0 fully saturated rings. The molecule has 1 heterocycles. The number of rotatable bonds is 3. The lowest BCUT2D eigenvalue weighted by atomic mass is 10.2. The van der Waals surface area contributed by atoms with Crippen molar-refractivity contribution in [2.24, 2.45) is 0 Å². The summed E-state index contributed by atoms with van der Waals surface area (Å²) in [6, 6.07) is 1.79. The van der Waals surface area contributed by atoms with Crippen LogP contribution < -0.4 is 11.1 Å². The molecule has 1 rings (SSSR count). The molecule has 0 aliphatic heterocycles. The molecule has 0 aliphatic rings. The number of hydrogen-bond donors (Lipinski definition) is 2. The highest BCUT2D eigenvalue weighted by molar-refractivity contribution is 5.62. The van der Waals surface area contributed by atoms with Crippen molar-refractivity contribution in [1.29, 1.82) is 0 Å². The minimum absolute atomic E-state index is 0.761. The zero-order chi connectivity index (χ0) is 8.81. The zero-order valence-corrected chi connectivity index (χ0v) is 7.12. The first-order valence-electron chi connectivity index (χ1n) is 3.85. The average molecular weight is 163 g/mol. The smallest absolute Gasteiger partial charge is 0.0418 e. The number of nitrogens with one attached hydrogen (secondary N) is 1. The van der Waals surface area contributed by atoms with E-state index in [0.717, 1.165) is 17.8 Å². The molecule has 0 aliphatic carbocycles. The van der Waals surface area contributed by atoms with Gasteiger partial charge in [-0.3, -0.25) is 4.98 Å². The molecule has 0 amide bonds. The fraction of sp³-hybridized carbons (Fsp3) is 0.222. The largest absolute Gasteiger partial charge is 0.398 e. The molecule has 0 aromatic carbocycles. The maximum atomic E-state index is 5.69. The summed E-state index contributed by atoms with van der Waals surface area (Å²) in [5, 5.41) is 3.01. The normalized spacial score (nSPS) is 10.8. The third-order valence-corrected chi connectivity index (χ3v) is 1.51. The van der Waals surface area contributed by atoms with Gasteiger partial charge in [0.2, 0.25) is 0 Å². The summed E-state index contributed by atoms with van der Waals surface area (Å²) in [6.45, 7) is 0.842. The Morgan fingerprint density at radius 1 is 1.67 bits per heavy atom. The topological polar surface area (TPSA) is 50.9 Å². The summed E-state index contributed by atoms with van der Waals surface area (Å²) in [4.78, 5) is 3.97. The number of pyridine rings is 1. The van der Waals surface area contributed by atoms with Gasteiger partial charge in [-0.1, -0.05) is 12.2 Å². The number of anilines is 1. The fourth-order valence-corrected chi connectivity index (χ4v) is 0.860. The molecule has 0 atom stereocenters. The van der Waals surface area contributed by atoms with Gasteiger partial charge in [0.05, 0.1) is 0 Å². The van der Waals surface area contributed by atoms with Gasteiger partial charge in [-0.2, -0.15) is 0 Å². The van der Waals surface area contributed by atoms with E-state index in [0.29, 0.717) is 0 Å². The summed E-state index contributed by atoms with van der Waals surface area (Å²) in [7, 11) is 1.90. The van der Waals surface area contributed by atoms with Crippen molar-refractivity contribution in [3.05, 3.63) is 30.1 Å². The molecule has 0 spiro atoms. The number of aromatic nitrogens is 1. The minimum atomic E-state index is 0.761. The fourth-order valence-electron chi connectivity index (χ4n) is 0.860. The Bertz CT molecular complexity index is 268. The van der Waals surface area contributed by atoms with Crippen molar-refractivity contribution >= 4 is 11.8 Å². The molecule has 3 nitrogen and oxygen atoms in total. The highest BCUT2D eigenvalue weighted by Gasteiger charge is 1.90. The predicted molar refractivity (Wildman–Crippen MR) is 51.6 cm³/mol. The molecule has 3 heteroatoms. The molecular formula is C9H13N3. The maximum absolute atomic E-state index is 5.69. The lowest BCUT2D eigenvalue weighted by Gasteiger charge is -1.97. The summed E-state index contributed by atoms with van der Waals surface area (Å²) in [6.07, 6.45) is 7.40. The van der Waals surface area contributed by atoms with Gasteiger partial charge in [0, 0.05) is 30.2 Å². The van der Waals surface area contributed by atoms with Gasteiger partial charge < -0.3 is 11.1 Å². The molecule has 0 bridgehead atoms. The van der Waals surface area contributed by atoms with Gasteiger partial charge in [0.15, 0.2) is 0 Å². The monoisotopic (exact) mass is 163 g/mol. The Hall–Kier alpha value is -1.35. The number of nitrogens with zero attached hydrogens (tertiary/aromatic N) is 1. The quantitative estimate of drug-likeness (QED) is 0.696. The van der Waals surface area contributed by atoms with E-state index in [1.54, 1.807) is 18.5 Å². The van der Waals surface area contributed by atoms with Crippen molar-refractivity contribution in [2.45, 2.75) is 0 Å². The molecule has 64 valence electrons. The molecule has 12 heavy (non-hydrogen) atoms. The van der Waals surface area contributed by atoms with Gasteiger partial charge >= 0.3 is 0 Å². The molecule has 0 unspecified atom stereocenters. The van der Waals surface area contributed by atoms with Crippen LogP contribution in [0.2, 0.25) is 0 Å². The summed E-state index contributed by atoms with van der Waals surface area (Å²) >= 11 is 0. The SMILES string of the molecule is CNCC=Cc1cnccc1N. The Kier molecular flexibility index (Phi) is 3.29. The van der Waals surface area contributed by atoms with E-state index in [9.17, 15) is 0 Å². The number of hydrogen-bond acceptors (Lipinski definition) is 3. The van der Waals surface area contributed by atoms with Crippen LogP contribution in [0.5, 0.6) is 0 Å². The van der Waals surface area contributed by atoms with Crippen LogP contribution in [0.4, 0.5) is 5.69 Å². The van der Waals surface area contributed by atoms with Crippen LogP contribution in [-0.2, 0) is 0 Å². The average Bonchev–Trinajstić information content (AvgIpc) is 2.09. The number of likely N-dealkylation sites (N-methyl/N-ethyl adjacent to an activating group) is 1. The van der Waals surface area contributed by atoms with E-state index < -0.39 is 0 Å². The molecule has 0 saturated carbocycles. The summed E-state index contributed by atoms with van der Waals surface area (Å²) < 4.78 is 0. The Morgan fingerprint density at radius 2 is 2.50 bits per heavy atom. The third-order valence-electron chi connectivity index (χ3n) is 1.51. The van der Waals surface area contributed by atoms with Gasteiger partial charge in [-0.05, 0) is 13.1 Å². The molecule has 0 radical (unpaired) electrons. The van der Waals surface area contributed by atoms with Gasteiger partial charge in [-0.15, -0.1) is 0 Å². The van der Waals surface area contributed by atoms with Gasteiger partial charge in [-0.25, -0.2) is 0 Å². The van der Waals surface area contributed by atoms with Crippen LogP contribution >= 0.6 is 0 Å². The molecule has 1 aromatic heterocycles. The van der Waals surface area contributed by atoms with Crippen LogP contribution in [0.3, 0.4) is 0 Å². The number of nitrogens with two attached hydrogens (primary N) is 1. The molecule has 0 saturated heterocycles. The third kappa shape index (κ3) is 2.36. The van der Waals surface area contributed by atoms with Crippen molar-refractivity contribution in [1.82, 2.24) is 10.3 Å². The van der Waals surface area contributed by atoms with Gasteiger partial charge in [0.25, 0.3) is 0 Å². The summed E-state index contributed by atoms with van der Waals surface area (Å²) in [5.74, 6) is 0. The Balaban J connectivity index is 2.68. The first kappa shape index (κ1) is 8.74. The summed E-state index contributed by atoms with van der Waals surface area (Å²) in [5.41, 5.74) is 7.42. The Labute approximate surface area is 72.3 Å². The van der Waals surface area contributed by atoms with Crippen LogP contribution in [0.15, 0.2) is 24.5 Å². The standard InChI is InChI=1S/C9H13N3/c1-11-5-2-3-8-7-12-6-4-9(8)10/h2-4,6-7,11H,5H2,1H3,(H2,10,12). The lowest BCUT2D eigenvalue weighted by Crippen LogP contribution is -2.03. The number of nitrogen functional groups attached to an aromatic ring is 1. The van der Waals surface area contributed by atoms with E-state index >= 15 is 0 Å². The zero-order valence-electron chi connectivity index (χ0n) is 7.12. The maximum Gasteiger partial charge on any atom is 0.0418 e. The molecular weight excluding hydrogens is 150 g/mol. The lowest BCUT2D eigenvalue weighted by molar-refractivity contribution is 0.922. The molecule has 3 N–H and O–H groups in total. The minimum Gasteiger partial charge on any atom is -0.398 e. The van der Waals surface area contributed by atoms with Gasteiger partial charge in [0.1, 0.15) is 0 Å². The first-order valence-corrected chi connectivity index (χ1v) is 3.85. The van der Waals surface area contributed by atoms with Crippen LogP contribution in [0, 0.1) is 0 Å². The van der Waals surface area contributed by atoms with E-state index in [4.69, 9.17) is 5.73 Å². The van der Waals surface area contributed by atoms with Crippen molar-refractivity contribution in [3.8, 4) is 0 Å². The van der Waals surface area contributed by atoms with E-state index in [1.165, 1.54) is 0 Å².